The number of benzene rings is 1. The zero-order valence-corrected chi connectivity index (χ0v) is 13.9. The van der Waals surface area contributed by atoms with Crippen molar-refractivity contribution in [1.82, 2.24) is 10.5 Å². The van der Waals surface area contributed by atoms with E-state index in [-0.39, 0.29) is 18.6 Å². The lowest BCUT2D eigenvalue weighted by atomic mass is 10.1. The fourth-order valence-electron chi connectivity index (χ4n) is 2.44. The molecule has 128 valence electrons. The van der Waals surface area contributed by atoms with Gasteiger partial charge in [0.05, 0.1) is 19.3 Å². The molecule has 3 rings (SSSR count). The van der Waals surface area contributed by atoms with Crippen LogP contribution in [-0.2, 0) is 20.8 Å². The first-order chi connectivity index (χ1) is 11.7. The van der Waals surface area contributed by atoms with Gasteiger partial charge in [-0.2, -0.15) is 0 Å². The summed E-state index contributed by atoms with van der Waals surface area (Å²) in [7, 11) is 0. The van der Waals surface area contributed by atoms with Gasteiger partial charge < -0.3 is 19.3 Å². The molecule has 1 aromatic carbocycles. The minimum atomic E-state index is -0.191. The lowest BCUT2D eigenvalue weighted by molar-refractivity contribution is -0.127. The Morgan fingerprint density at radius 3 is 2.96 bits per heavy atom. The van der Waals surface area contributed by atoms with Gasteiger partial charge in [-0.15, -0.1) is 0 Å². The van der Waals surface area contributed by atoms with Gasteiger partial charge in [0.25, 0.3) is 0 Å². The number of nitrogens with one attached hydrogen (secondary N) is 1. The molecule has 1 aliphatic rings. The van der Waals surface area contributed by atoms with E-state index < -0.39 is 0 Å². The normalized spacial score (nSPS) is 17.1. The van der Waals surface area contributed by atoms with E-state index in [1.54, 1.807) is 18.2 Å². The zero-order valence-electron chi connectivity index (χ0n) is 13.2. The highest BCUT2D eigenvalue weighted by atomic mass is 35.5. The SMILES string of the molecule is O=C(COC[C@@H]1CCCO1)NCc1cc(-c2ccc(Cl)cc2)on1. The molecule has 1 N–H and O–H groups in total. The van der Waals surface area contributed by atoms with Crippen molar-refractivity contribution >= 4 is 17.5 Å². The van der Waals surface area contributed by atoms with Crippen LogP contribution in [0.3, 0.4) is 0 Å². The van der Waals surface area contributed by atoms with E-state index in [9.17, 15) is 4.79 Å². The second-order valence-electron chi connectivity index (χ2n) is 5.62. The van der Waals surface area contributed by atoms with Crippen LogP contribution in [0, 0.1) is 0 Å². The molecule has 7 heteroatoms. The third-order valence-corrected chi connectivity index (χ3v) is 3.97. The maximum Gasteiger partial charge on any atom is 0.246 e. The summed E-state index contributed by atoms with van der Waals surface area (Å²) in [5.41, 5.74) is 1.52. The van der Waals surface area contributed by atoms with E-state index in [2.05, 4.69) is 10.5 Å². The van der Waals surface area contributed by atoms with E-state index in [4.69, 9.17) is 25.6 Å². The van der Waals surface area contributed by atoms with Crippen molar-refractivity contribution in [2.45, 2.75) is 25.5 Å². The third-order valence-electron chi connectivity index (χ3n) is 3.72. The smallest absolute Gasteiger partial charge is 0.246 e. The van der Waals surface area contributed by atoms with Crippen LogP contribution in [-0.4, -0.2) is 37.0 Å². The van der Waals surface area contributed by atoms with Gasteiger partial charge in [-0.1, -0.05) is 16.8 Å². The second-order valence-corrected chi connectivity index (χ2v) is 6.05. The number of nitrogens with zero attached hydrogens (tertiary/aromatic N) is 1. The van der Waals surface area contributed by atoms with Gasteiger partial charge in [-0.05, 0) is 37.1 Å². The van der Waals surface area contributed by atoms with Crippen molar-refractivity contribution in [1.29, 1.82) is 0 Å². The molecule has 0 spiro atoms. The van der Waals surface area contributed by atoms with Crippen molar-refractivity contribution in [2.75, 3.05) is 19.8 Å². The number of amides is 1. The van der Waals surface area contributed by atoms with Crippen molar-refractivity contribution < 1.29 is 18.8 Å². The maximum absolute atomic E-state index is 11.8. The van der Waals surface area contributed by atoms with Crippen molar-refractivity contribution in [3.8, 4) is 11.3 Å². The Morgan fingerprint density at radius 1 is 1.38 bits per heavy atom. The Balaban J connectivity index is 1.41. The Kier molecular flexibility index (Phi) is 5.85. The first-order valence-electron chi connectivity index (χ1n) is 7.88. The number of ether oxygens (including phenoxy) is 2. The monoisotopic (exact) mass is 350 g/mol. The summed E-state index contributed by atoms with van der Waals surface area (Å²) in [5, 5.41) is 7.36. The van der Waals surface area contributed by atoms with Gasteiger partial charge in [0.15, 0.2) is 5.76 Å². The summed E-state index contributed by atoms with van der Waals surface area (Å²) in [4.78, 5) is 11.8. The second kappa shape index (κ2) is 8.28. The standard InChI is InChI=1S/C17H19ClN2O4/c18-13-5-3-12(4-6-13)16-8-14(20-24-16)9-19-17(21)11-22-10-15-2-1-7-23-15/h3-6,8,15H,1-2,7,9-11H2,(H,19,21)/t15-/m0/s1. The molecule has 24 heavy (non-hydrogen) atoms. The van der Waals surface area contributed by atoms with E-state index in [0.29, 0.717) is 29.6 Å². The highest BCUT2D eigenvalue weighted by molar-refractivity contribution is 6.30. The number of halogens is 1. The molecular formula is C17H19ClN2O4. The predicted molar refractivity (Wildman–Crippen MR) is 88.6 cm³/mol. The molecule has 0 bridgehead atoms. The average molecular weight is 351 g/mol. The third kappa shape index (κ3) is 4.80. The molecule has 0 saturated carbocycles. The Labute approximate surface area is 145 Å². The molecule has 1 amide bonds. The van der Waals surface area contributed by atoms with Crippen LogP contribution < -0.4 is 5.32 Å². The van der Waals surface area contributed by atoms with Crippen LogP contribution in [0.5, 0.6) is 0 Å². The number of hydrogen-bond donors (Lipinski definition) is 1. The molecule has 0 aliphatic carbocycles. The van der Waals surface area contributed by atoms with Gasteiger partial charge in [0.1, 0.15) is 12.3 Å². The molecule has 1 aromatic heterocycles. The zero-order chi connectivity index (χ0) is 16.8. The lowest BCUT2D eigenvalue weighted by Gasteiger charge is -2.09. The number of aromatic nitrogens is 1. The molecule has 6 nitrogen and oxygen atoms in total. The summed E-state index contributed by atoms with van der Waals surface area (Å²) < 4.78 is 16.1. The molecule has 1 fully saturated rings. The van der Waals surface area contributed by atoms with Crippen molar-refractivity contribution in [3.63, 3.8) is 0 Å². The van der Waals surface area contributed by atoms with Crippen LogP contribution >= 0.6 is 11.6 Å². The first-order valence-corrected chi connectivity index (χ1v) is 8.26. The number of carbonyl (C=O) groups is 1. The largest absolute Gasteiger partial charge is 0.376 e. The van der Waals surface area contributed by atoms with Crippen LogP contribution in [0.25, 0.3) is 11.3 Å². The Hall–Kier alpha value is -1.89. The Bertz CT molecular complexity index is 665. The predicted octanol–water partition coefficient (Wildman–Crippen LogP) is 2.81. The fourth-order valence-corrected chi connectivity index (χ4v) is 2.57. The molecule has 0 unspecified atom stereocenters. The molecule has 2 heterocycles. The highest BCUT2D eigenvalue weighted by Gasteiger charge is 2.16. The summed E-state index contributed by atoms with van der Waals surface area (Å²) in [6.45, 7) is 1.54. The van der Waals surface area contributed by atoms with E-state index >= 15 is 0 Å². The number of hydrogen-bond acceptors (Lipinski definition) is 5. The maximum atomic E-state index is 11.8. The van der Waals surface area contributed by atoms with E-state index in [0.717, 1.165) is 25.0 Å². The summed E-state index contributed by atoms with van der Waals surface area (Å²) in [6.07, 6.45) is 2.17. The minimum absolute atomic E-state index is 0.0156. The van der Waals surface area contributed by atoms with Gasteiger partial charge >= 0.3 is 0 Å². The quantitative estimate of drug-likeness (QED) is 0.831. The van der Waals surface area contributed by atoms with Gasteiger partial charge in [0.2, 0.25) is 5.91 Å². The molecular weight excluding hydrogens is 332 g/mol. The summed E-state index contributed by atoms with van der Waals surface area (Å²) in [5.74, 6) is 0.439. The van der Waals surface area contributed by atoms with E-state index in [1.165, 1.54) is 0 Å². The summed E-state index contributed by atoms with van der Waals surface area (Å²) in [6, 6.07) is 9.06. The van der Waals surface area contributed by atoms with E-state index in [1.807, 2.05) is 12.1 Å². The van der Waals surface area contributed by atoms with Gasteiger partial charge in [0, 0.05) is 23.3 Å². The minimum Gasteiger partial charge on any atom is -0.376 e. The molecule has 2 aromatic rings. The fraction of sp³-hybridized carbons (Fsp3) is 0.412. The molecule has 1 atom stereocenters. The molecule has 0 radical (unpaired) electrons. The first kappa shape index (κ1) is 17.0. The van der Waals surface area contributed by atoms with Crippen LogP contribution in [0.1, 0.15) is 18.5 Å². The van der Waals surface area contributed by atoms with Crippen LogP contribution in [0.15, 0.2) is 34.9 Å². The highest BCUT2D eigenvalue weighted by Crippen LogP contribution is 2.22. The number of carbonyl (C=O) groups excluding carboxylic acids is 1. The average Bonchev–Trinajstić information content (AvgIpc) is 3.25. The van der Waals surface area contributed by atoms with Crippen molar-refractivity contribution in [3.05, 3.63) is 41.0 Å². The van der Waals surface area contributed by atoms with Crippen LogP contribution in [0.2, 0.25) is 5.02 Å². The van der Waals surface area contributed by atoms with Crippen molar-refractivity contribution in [2.24, 2.45) is 0 Å². The number of rotatable bonds is 7. The topological polar surface area (TPSA) is 73.6 Å². The van der Waals surface area contributed by atoms with Gasteiger partial charge in [-0.25, -0.2) is 0 Å². The summed E-state index contributed by atoms with van der Waals surface area (Å²) >= 11 is 5.86. The van der Waals surface area contributed by atoms with Gasteiger partial charge in [-0.3, -0.25) is 4.79 Å². The van der Waals surface area contributed by atoms with Crippen LogP contribution in [0.4, 0.5) is 0 Å². The Morgan fingerprint density at radius 2 is 2.21 bits per heavy atom. The lowest BCUT2D eigenvalue weighted by Crippen LogP contribution is -2.28. The molecule has 1 saturated heterocycles. The molecule has 1 aliphatic heterocycles.